The van der Waals surface area contributed by atoms with E-state index < -0.39 is 0 Å². The molecular weight excluding hydrogens is 376 g/mol. The second-order valence-corrected chi connectivity index (χ2v) is 8.80. The molecule has 7 nitrogen and oxygen atoms in total. The van der Waals surface area contributed by atoms with E-state index in [4.69, 9.17) is 9.15 Å². The van der Waals surface area contributed by atoms with Crippen LogP contribution in [0.5, 0.6) is 0 Å². The molecule has 6 rings (SSSR count). The quantitative estimate of drug-likeness (QED) is 0.730. The number of para-hydroxylation sites is 1. The lowest BCUT2D eigenvalue weighted by atomic mass is 9.73. The highest BCUT2D eigenvalue weighted by molar-refractivity contribution is 7.13. The smallest absolute Gasteiger partial charge is 0.287 e. The molecule has 3 aliphatic heterocycles. The van der Waals surface area contributed by atoms with Gasteiger partial charge in [0.25, 0.3) is 5.91 Å². The molecule has 3 fully saturated rings. The van der Waals surface area contributed by atoms with Gasteiger partial charge in [0.15, 0.2) is 5.76 Å². The molecule has 4 atom stereocenters. The summed E-state index contributed by atoms with van der Waals surface area (Å²) in [6, 6.07) is 9.47. The molecule has 0 unspecified atom stereocenters. The Morgan fingerprint density at radius 3 is 3.18 bits per heavy atom. The molecule has 0 aliphatic carbocycles. The molecule has 2 bridgehead atoms. The Morgan fingerprint density at radius 1 is 1.39 bits per heavy atom. The van der Waals surface area contributed by atoms with E-state index in [1.807, 2.05) is 24.3 Å². The summed E-state index contributed by atoms with van der Waals surface area (Å²) in [5.41, 5.74) is 2.41. The minimum Gasteiger partial charge on any atom is -0.451 e. The summed E-state index contributed by atoms with van der Waals surface area (Å²) in [5.74, 6) is 0.931. The number of aromatic nitrogens is 2. The lowest BCUT2D eigenvalue weighted by Gasteiger charge is -2.29. The van der Waals surface area contributed by atoms with Gasteiger partial charge in [-0.2, -0.15) is 0 Å². The molecule has 1 aromatic carbocycles. The van der Waals surface area contributed by atoms with Gasteiger partial charge in [-0.15, -0.1) is 10.2 Å². The third kappa shape index (κ3) is 2.41. The highest BCUT2D eigenvalue weighted by Crippen LogP contribution is 2.55. The third-order valence-corrected chi connectivity index (χ3v) is 7.30. The Hall–Kier alpha value is -2.45. The predicted molar refractivity (Wildman–Crippen MR) is 104 cm³/mol. The van der Waals surface area contributed by atoms with E-state index in [1.54, 1.807) is 22.9 Å². The van der Waals surface area contributed by atoms with Crippen molar-refractivity contribution in [2.45, 2.75) is 24.5 Å². The molecule has 1 spiro atoms. The minimum atomic E-state index is -0.160. The van der Waals surface area contributed by atoms with E-state index in [9.17, 15) is 4.79 Å². The number of furan rings is 1. The lowest BCUT2D eigenvalue weighted by molar-refractivity contribution is 0.0141. The summed E-state index contributed by atoms with van der Waals surface area (Å²) in [4.78, 5) is 14.9. The monoisotopic (exact) mass is 396 g/mol. The highest BCUT2D eigenvalue weighted by Gasteiger charge is 2.63. The number of anilines is 1. The maximum absolute atomic E-state index is 12.6. The van der Waals surface area contributed by atoms with E-state index in [0.29, 0.717) is 24.1 Å². The fourth-order valence-corrected chi connectivity index (χ4v) is 5.88. The number of benzene rings is 1. The van der Waals surface area contributed by atoms with Gasteiger partial charge in [0.05, 0.1) is 11.7 Å². The minimum absolute atomic E-state index is 0.0922. The van der Waals surface area contributed by atoms with Gasteiger partial charge < -0.3 is 19.4 Å². The molecule has 1 amide bonds. The van der Waals surface area contributed by atoms with Crippen LogP contribution in [-0.2, 0) is 4.74 Å². The molecule has 3 aliphatic rings. The summed E-state index contributed by atoms with van der Waals surface area (Å²) in [6.07, 6.45) is 2.38. The van der Waals surface area contributed by atoms with Crippen molar-refractivity contribution in [2.75, 3.05) is 24.5 Å². The van der Waals surface area contributed by atoms with Crippen molar-refractivity contribution in [2.24, 2.45) is 11.8 Å². The van der Waals surface area contributed by atoms with Crippen LogP contribution in [0.4, 0.5) is 5.13 Å². The van der Waals surface area contributed by atoms with Gasteiger partial charge in [-0.3, -0.25) is 4.79 Å². The van der Waals surface area contributed by atoms with Crippen LogP contribution in [0.1, 0.15) is 23.4 Å². The van der Waals surface area contributed by atoms with E-state index in [0.717, 1.165) is 42.0 Å². The molecule has 144 valence electrons. The Balaban J connectivity index is 1.17. The van der Waals surface area contributed by atoms with Crippen LogP contribution in [0.25, 0.3) is 11.0 Å². The fraction of sp³-hybridized carbons (Fsp3) is 0.450. The Labute approximate surface area is 165 Å². The first-order chi connectivity index (χ1) is 13.7. The number of hydrogen-bond donors (Lipinski definition) is 1. The molecule has 0 saturated carbocycles. The number of carbonyl (C=O) groups is 1. The van der Waals surface area contributed by atoms with Gasteiger partial charge >= 0.3 is 0 Å². The number of rotatable bonds is 4. The topological polar surface area (TPSA) is 80.5 Å². The molecular formula is C20H20N4O3S. The van der Waals surface area contributed by atoms with E-state index in [2.05, 4.69) is 20.4 Å². The van der Waals surface area contributed by atoms with Crippen LogP contribution in [0.3, 0.4) is 0 Å². The van der Waals surface area contributed by atoms with Gasteiger partial charge in [0.1, 0.15) is 11.1 Å². The van der Waals surface area contributed by atoms with Crippen LogP contribution in [-0.4, -0.2) is 47.4 Å². The average molecular weight is 396 g/mol. The molecule has 5 heterocycles. The van der Waals surface area contributed by atoms with Crippen molar-refractivity contribution in [3.63, 3.8) is 0 Å². The zero-order valence-corrected chi connectivity index (χ0v) is 16.0. The van der Waals surface area contributed by atoms with E-state index >= 15 is 0 Å². The number of nitrogens with zero attached hydrogens (tertiary/aromatic N) is 3. The summed E-state index contributed by atoms with van der Waals surface area (Å²) in [5, 5.41) is 13.2. The molecule has 3 aromatic rings. The number of ether oxygens (including phenoxy) is 1. The van der Waals surface area contributed by atoms with Crippen LogP contribution in [0.2, 0.25) is 0 Å². The maximum Gasteiger partial charge on any atom is 0.287 e. The molecule has 0 radical (unpaired) electrons. The van der Waals surface area contributed by atoms with Crippen molar-refractivity contribution in [1.82, 2.24) is 15.5 Å². The van der Waals surface area contributed by atoms with E-state index in [1.165, 1.54) is 0 Å². The summed E-state index contributed by atoms with van der Waals surface area (Å²) in [7, 11) is 0. The van der Waals surface area contributed by atoms with Gasteiger partial charge in [0, 0.05) is 36.9 Å². The van der Waals surface area contributed by atoms with Crippen LogP contribution in [0, 0.1) is 11.8 Å². The summed E-state index contributed by atoms with van der Waals surface area (Å²) < 4.78 is 12.1. The third-order valence-electron chi connectivity index (χ3n) is 6.55. The number of hydrogen-bond acceptors (Lipinski definition) is 7. The van der Waals surface area contributed by atoms with Crippen molar-refractivity contribution in [1.29, 1.82) is 0 Å². The second-order valence-electron chi connectivity index (χ2n) is 7.99. The first kappa shape index (κ1) is 16.5. The average Bonchev–Trinajstić information content (AvgIpc) is 3.51. The Kier molecular flexibility index (Phi) is 3.55. The lowest BCUT2D eigenvalue weighted by Crippen LogP contribution is -2.41. The van der Waals surface area contributed by atoms with Crippen LogP contribution in [0.15, 0.2) is 40.3 Å². The molecule has 8 heteroatoms. The van der Waals surface area contributed by atoms with Gasteiger partial charge in [0.2, 0.25) is 5.13 Å². The van der Waals surface area contributed by atoms with Crippen LogP contribution < -0.4 is 10.2 Å². The van der Waals surface area contributed by atoms with Crippen molar-refractivity contribution in [3.05, 3.63) is 41.6 Å². The van der Waals surface area contributed by atoms with Crippen molar-refractivity contribution >= 4 is 33.3 Å². The fourth-order valence-electron chi connectivity index (χ4n) is 5.31. The number of nitrogens with one attached hydrogen (secondary N) is 1. The zero-order chi connectivity index (χ0) is 18.7. The van der Waals surface area contributed by atoms with E-state index in [-0.39, 0.29) is 17.6 Å². The molecule has 2 aromatic heterocycles. The standard InChI is InChI=1S/C20H20N4O3S/c25-18(17-7-12-3-1-2-4-15(12)26-17)21-8-13-14-9-24(19-23-22-11-28-19)10-20(14)6-5-16(13)27-20/h1-4,7,11,13-14,16H,5-6,8-10H2,(H,21,25)/t13-,14+,16+,20+/m0/s1. The highest BCUT2D eigenvalue weighted by atomic mass is 32.1. The molecule has 28 heavy (non-hydrogen) atoms. The van der Waals surface area contributed by atoms with Gasteiger partial charge in [-0.1, -0.05) is 29.5 Å². The largest absolute Gasteiger partial charge is 0.451 e. The predicted octanol–water partition coefficient (Wildman–Crippen LogP) is 2.70. The normalized spacial score (nSPS) is 30.9. The second kappa shape index (κ2) is 6.02. The van der Waals surface area contributed by atoms with Crippen LogP contribution >= 0.6 is 11.3 Å². The number of amides is 1. The number of carbonyl (C=O) groups excluding carboxylic acids is 1. The number of fused-ring (bicyclic) bond motifs is 2. The first-order valence-corrected chi connectivity index (χ1v) is 10.6. The summed E-state index contributed by atoms with van der Waals surface area (Å²) >= 11 is 1.57. The Morgan fingerprint density at radius 2 is 2.32 bits per heavy atom. The molecule has 1 N–H and O–H groups in total. The zero-order valence-electron chi connectivity index (χ0n) is 15.2. The van der Waals surface area contributed by atoms with Gasteiger partial charge in [-0.25, -0.2) is 0 Å². The first-order valence-electron chi connectivity index (χ1n) is 9.68. The van der Waals surface area contributed by atoms with Crippen molar-refractivity contribution in [3.8, 4) is 0 Å². The van der Waals surface area contributed by atoms with Crippen molar-refractivity contribution < 1.29 is 13.9 Å². The maximum atomic E-state index is 12.6. The Bertz CT molecular complexity index is 1000. The summed E-state index contributed by atoms with van der Waals surface area (Å²) in [6.45, 7) is 2.39. The van der Waals surface area contributed by atoms with Gasteiger partial charge in [-0.05, 0) is 25.0 Å². The SMILES string of the molecule is O=C(NC[C@H]1[C@H]2CN(c3nncs3)C[C@]23CC[C@H]1O3)c1cc2ccccc2o1. The molecule has 3 saturated heterocycles.